The number of sulfonamides is 1. The molecule has 0 radical (unpaired) electrons. The molecule has 7 heteroatoms. The number of piperidine rings is 1. The number of benzene rings is 1. The Labute approximate surface area is 138 Å². The van der Waals surface area contributed by atoms with Crippen molar-refractivity contribution in [2.45, 2.75) is 31.7 Å². The van der Waals surface area contributed by atoms with E-state index in [0.717, 1.165) is 16.5 Å². The van der Waals surface area contributed by atoms with Gasteiger partial charge in [-0.25, -0.2) is 8.42 Å². The highest BCUT2D eigenvalue weighted by molar-refractivity contribution is 14.1. The summed E-state index contributed by atoms with van der Waals surface area (Å²) in [5.41, 5.74) is 0.589. The maximum Gasteiger partial charge on any atom is 0.232 e. The normalized spacial score (nSPS) is 19.8. The van der Waals surface area contributed by atoms with Gasteiger partial charge in [0.1, 0.15) is 0 Å². The topological polar surface area (TPSA) is 58.2 Å². The molecule has 1 unspecified atom stereocenters. The second-order valence-electron chi connectivity index (χ2n) is 4.98. The van der Waals surface area contributed by atoms with E-state index in [1.807, 2.05) is 0 Å². The van der Waals surface area contributed by atoms with E-state index in [-0.39, 0.29) is 5.75 Å². The SMILES string of the molecule is O=S(=O)(CCC1CCCCN1)Nc1ccc(Cl)cc1I. The third-order valence-corrected chi connectivity index (χ3v) is 5.78. The Bertz CT molecular complexity index is 559. The molecule has 112 valence electrons. The highest BCUT2D eigenvalue weighted by Gasteiger charge is 2.18. The van der Waals surface area contributed by atoms with Crippen molar-refractivity contribution in [3.05, 3.63) is 26.8 Å². The molecule has 1 aromatic rings. The molecule has 0 aliphatic carbocycles. The van der Waals surface area contributed by atoms with Gasteiger partial charge in [0.2, 0.25) is 10.0 Å². The van der Waals surface area contributed by atoms with Gasteiger partial charge in [-0.15, -0.1) is 0 Å². The average Bonchev–Trinajstić information content (AvgIpc) is 2.41. The summed E-state index contributed by atoms with van der Waals surface area (Å²) >= 11 is 7.93. The second-order valence-corrected chi connectivity index (χ2v) is 8.42. The van der Waals surface area contributed by atoms with Crippen molar-refractivity contribution in [1.82, 2.24) is 5.32 Å². The number of nitrogens with one attached hydrogen (secondary N) is 2. The lowest BCUT2D eigenvalue weighted by Crippen LogP contribution is -2.36. The van der Waals surface area contributed by atoms with Crippen LogP contribution in [0.3, 0.4) is 0 Å². The summed E-state index contributed by atoms with van der Waals surface area (Å²) in [6.45, 7) is 0.993. The maximum atomic E-state index is 12.1. The fourth-order valence-electron chi connectivity index (χ4n) is 2.26. The summed E-state index contributed by atoms with van der Waals surface area (Å²) in [6.07, 6.45) is 4.08. The summed E-state index contributed by atoms with van der Waals surface area (Å²) in [6, 6.07) is 5.44. The third kappa shape index (κ3) is 5.05. The van der Waals surface area contributed by atoms with E-state index >= 15 is 0 Å². The molecule has 1 aromatic carbocycles. The van der Waals surface area contributed by atoms with Crippen molar-refractivity contribution in [1.29, 1.82) is 0 Å². The first-order valence-corrected chi connectivity index (χ1v) is 9.76. The third-order valence-electron chi connectivity index (χ3n) is 3.34. The zero-order chi connectivity index (χ0) is 14.6. The molecule has 1 heterocycles. The second kappa shape index (κ2) is 7.29. The first kappa shape index (κ1) is 16.3. The minimum absolute atomic E-state index is 0.142. The average molecular weight is 429 g/mol. The van der Waals surface area contributed by atoms with E-state index in [2.05, 4.69) is 32.6 Å². The van der Waals surface area contributed by atoms with Gasteiger partial charge in [-0.1, -0.05) is 18.0 Å². The molecule has 1 atom stereocenters. The van der Waals surface area contributed by atoms with Crippen LogP contribution in [-0.2, 0) is 10.0 Å². The lowest BCUT2D eigenvalue weighted by molar-refractivity contribution is 0.393. The largest absolute Gasteiger partial charge is 0.314 e. The van der Waals surface area contributed by atoms with Crippen molar-refractivity contribution in [3.8, 4) is 0 Å². The summed E-state index contributed by atoms with van der Waals surface area (Å²) < 4.78 is 27.6. The highest BCUT2D eigenvalue weighted by atomic mass is 127. The molecule has 0 bridgehead atoms. The summed E-state index contributed by atoms with van der Waals surface area (Å²) in [4.78, 5) is 0. The van der Waals surface area contributed by atoms with Gasteiger partial charge in [-0.2, -0.15) is 0 Å². The Kier molecular flexibility index (Phi) is 5.95. The lowest BCUT2D eigenvalue weighted by Gasteiger charge is -2.23. The van der Waals surface area contributed by atoms with Gasteiger partial charge in [0, 0.05) is 14.6 Å². The standard InChI is InChI=1S/C13H18ClIN2O2S/c14-10-4-5-13(12(15)9-10)17-20(18,19)8-6-11-3-1-2-7-16-11/h4-5,9,11,16-17H,1-3,6-8H2. The minimum atomic E-state index is -3.31. The number of rotatable bonds is 5. The van der Waals surface area contributed by atoms with E-state index in [1.54, 1.807) is 18.2 Å². The van der Waals surface area contributed by atoms with Crippen LogP contribution in [0.5, 0.6) is 0 Å². The molecule has 1 saturated heterocycles. The van der Waals surface area contributed by atoms with Crippen LogP contribution in [0.15, 0.2) is 18.2 Å². The molecular weight excluding hydrogens is 411 g/mol. The van der Waals surface area contributed by atoms with Gasteiger partial charge in [0.05, 0.1) is 11.4 Å². The summed E-state index contributed by atoms with van der Waals surface area (Å²) in [5, 5.41) is 3.96. The van der Waals surface area contributed by atoms with Gasteiger partial charge in [-0.3, -0.25) is 4.72 Å². The van der Waals surface area contributed by atoms with E-state index in [9.17, 15) is 8.42 Å². The van der Waals surface area contributed by atoms with Gasteiger partial charge in [0.15, 0.2) is 0 Å². The molecule has 0 amide bonds. The molecule has 2 rings (SSSR count). The molecular formula is C13H18ClIN2O2S. The van der Waals surface area contributed by atoms with Gasteiger partial charge in [-0.05, 0) is 66.6 Å². The predicted octanol–water partition coefficient (Wildman–Crippen LogP) is 3.22. The molecule has 2 N–H and O–H groups in total. The molecule has 1 aliphatic heterocycles. The van der Waals surface area contributed by atoms with Crippen LogP contribution in [0.2, 0.25) is 5.02 Å². The van der Waals surface area contributed by atoms with E-state index < -0.39 is 10.0 Å². The monoisotopic (exact) mass is 428 g/mol. The van der Waals surface area contributed by atoms with Crippen LogP contribution >= 0.6 is 34.2 Å². The number of hydrogen-bond donors (Lipinski definition) is 2. The quantitative estimate of drug-likeness (QED) is 0.708. The molecule has 0 saturated carbocycles. The van der Waals surface area contributed by atoms with Crippen LogP contribution in [0.25, 0.3) is 0 Å². The number of anilines is 1. The summed E-state index contributed by atoms with van der Waals surface area (Å²) in [7, 11) is -3.31. The Morgan fingerprint density at radius 3 is 2.85 bits per heavy atom. The minimum Gasteiger partial charge on any atom is -0.314 e. The van der Waals surface area contributed by atoms with Crippen molar-refractivity contribution in [3.63, 3.8) is 0 Å². The fourth-order valence-corrected chi connectivity index (χ4v) is 4.66. The zero-order valence-corrected chi connectivity index (χ0v) is 14.8. The molecule has 1 aliphatic rings. The van der Waals surface area contributed by atoms with E-state index in [1.165, 1.54) is 12.8 Å². The smallest absolute Gasteiger partial charge is 0.232 e. The first-order chi connectivity index (χ1) is 9.46. The number of hydrogen-bond acceptors (Lipinski definition) is 3. The number of halogens is 2. The van der Waals surface area contributed by atoms with Gasteiger partial charge < -0.3 is 5.32 Å². The van der Waals surface area contributed by atoms with E-state index in [0.29, 0.717) is 23.2 Å². The van der Waals surface area contributed by atoms with Crippen molar-refractivity contribution < 1.29 is 8.42 Å². The Hall–Kier alpha value is -0.0500. The molecule has 1 fully saturated rings. The molecule has 20 heavy (non-hydrogen) atoms. The van der Waals surface area contributed by atoms with Crippen LogP contribution < -0.4 is 10.0 Å². The molecule has 0 aromatic heterocycles. The highest BCUT2D eigenvalue weighted by Crippen LogP contribution is 2.23. The summed E-state index contributed by atoms with van der Waals surface area (Å²) in [5.74, 6) is 0.142. The Balaban J connectivity index is 1.93. The van der Waals surface area contributed by atoms with Crippen molar-refractivity contribution in [2.24, 2.45) is 0 Å². The van der Waals surface area contributed by atoms with Crippen molar-refractivity contribution in [2.75, 3.05) is 17.0 Å². The Morgan fingerprint density at radius 1 is 1.40 bits per heavy atom. The Morgan fingerprint density at radius 2 is 2.20 bits per heavy atom. The van der Waals surface area contributed by atoms with Gasteiger partial charge in [0.25, 0.3) is 0 Å². The van der Waals surface area contributed by atoms with Crippen molar-refractivity contribution >= 4 is 49.9 Å². The maximum absolute atomic E-state index is 12.1. The zero-order valence-electron chi connectivity index (χ0n) is 11.0. The first-order valence-electron chi connectivity index (χ1n) is 6.65. The fraction of sp³-hybridized carbons (Fsp3) is 0.538. The van der Waals surface area contributed by atoms with Crippen LogP contribution in [-0.4, -0.2) is 26.8 Å². The van der Waals surface area contributed by atoms with Gasteiger partial charge >= 0.3 is 0 Å². The lowest BCUT2D eigenvalue weighted by atomic mass is 10.0. The van der Waals surface area contributed by atoms with Crippen LogP contribution in [0.4, 0.5) is 5.69 Å². The predicted molar refractivity (Wildman–Crippen MR) is 91.8 cm³/mol. The van der Waals surface area contributed by atoms with Crippen LogP contribution in [0.1, 0.15) is 25.7 Å². The molecule has 0 spiro atoms. The van der Waals surface area contributed by atoms with Crippen LogP contribution in [0, 0.1) is 3.57 Å². The molecule has 4 nitrogen and oxygen atoms in total. The van der Waals surface area contributed by atoms with E-state index in [4.69, 9.17) is 11.6 Å².